The van der Waals surface area contributed by atoms with Crippen LogP contribution in [0.15, 0.2) is 0 Å². The highest BCUT2D eigenvalue weighted by Gasteiger charge is 2.30. The van der Waals surface area contributed by atoms with E-state index < -0.39 is 10.0 Å². The lowest BCUT2D eigenvalue weighted by Crippen LogP contribution is -2.55. The van der Waals surface area contributed by atoms with Gasteiger partial charge in [0, 0.05) is 19.1 Å². The van der Waals surface area contributed by atoms with Crippen LogP contribution in [0.1, 0.15) is 32.1 Å². The Labute approximate surface area is 115 Å². The molecule has 2 rings (SSSR count). The second kappa shape index (κ2) is 6.19. The Morgan fingerprint density at radius 1 is 1.26 bits per heavy atom. The van der Waals surface area contributed by atoms with Gasteiger partial charge in [-0.05, 0) is 32.2 Å². The molecule has 2 heterocycles. The molecule has 0 bridgehead atoms. The van der Waals surface area contributed by atoms with Crippen molar-refractivity contribution < 1.29 is 13.2 Å². The van der Waals surface area contributed by atoms with Gasteiger partial charge in [-0.2, -0.15) is 0 Å². The van der Waals surface area contributed by atoms with Gasteiger partial charge in [0.2, 0.25) is 15.9 Å². The number of amides is 1. The largest absolute Gasteiger partial charge is 0.340 e. The molecule has 2 N–H and O–H groups in total. The molecular weight excluding hydrogens is 266 g/mol. The average molecular weight is 289 g/mol. The number of rotatable bonds is 3. The lowest BCUT2D eigenvalue weighted by molar-refractivity contribution is -0.135. The first-order chi connectivity index (χ1) is 8.96. The summed E-state index contributed by atoms with van der Waals surface area (Å²) in [4.78, 5) is 14.2. The van der Waals surface area contributed by atoms with Gasteiger partial charge in [-0.15, -0.1) is 0 Å². The second-order valence-corrected chi connectivity index (χ2v) is 7.30. The molecule has 0 saturated carbocycles. The van der Waals surface area contributed by atoms with Gasteiger partial charge < -0.3 is 10.2 Å². The highest BCUT2D eigenvalue weighted by molar-refractivity contribution is 7.88. The molecule has 2 atom stereocenters. The number of nitrogens with zero attached hydrogens (tertiary/aromatic N) is 1. The monoisotopic (exact) mass is 289 g/mol. The van der Waals surface area contributed by atoms with Crippen molar-refractivity contribution in [2.75, 3.05) is 25.9 Å². The van der Waals surface area contributed by atoms with E-state index in [4.69, 9.17) is 0 Å². The molecule has 0 aromatic heterocycles. The molecule has 0 radical (unpaired) electrons. The second-order valence-electron chi connectivity index (χ2n) is 5.52. The fourth-order valence-electron chi connectivity index (χ4n) is 2.86. The van der Waals surface area contributed by atoms with Gasteiger partial charge in [-0.25, -0.2) is 13.1 Å². The van der Waals surface area contributed by atoms with Crippen molar-refractivity contribution in [2.24, 2.45) is 0 Å². The van der Waals surface area contributed by atoms with Gasteiger partial charge in [-0.3, -0.25) is 4.79 Å². The number of hydrogen-bond donors (Lipinski definition) is 2. The van der Waals surface area contributed by atoms with E-state index >= 15 is 0 Å². The first-order valence-electron chi connectivity index (χ1n) is 6.95. The van der Waals surface area contributed by atoms with Gasteiger partial charge in [-0.1, -0.05) is 6.42 Å². The number of nitrogens with one attached hydrogen (secondary N) is 2. The summed E-state index contributed by atoms with van der Waals surface area (Å²) < 4.78 is 25.1. The van der Waals surface area contributed by atoms with Crippen LogP contribution in [-0.4, -0.2) is 57.2 Å². The summed E-state index contributed by atoms with van der Waals surface area (Å²) in [7, 11) is -3.20. The third kappa shape index (κ3) is 4.43. The van der Waals surface area contributed by atoms with Crippen LogP contribution in [0.3, 0.4) is 0 Å². The summed E-state index contributed by atoms with van der Waals surface area (Å²) in [5.41, 5.74) is 0. The SMILES string of the molecule is CS(=O)(=O)NC1CCCN(C(=O)[C@@H]2CCCCN2)C1. The maximum absolute atomic E-state index is 12.4. The quantitative estimate of drug-likeness (QED) is 0.745. The van der Waals surface area contributed by atoms with E-state index in [0.29, 0.717) is 6.54 Å². The minimum Gasteiger partial charge on any atom is -0.340 e. The number of likely N-dealkylation sites (tertiary alicyclic amines) is 1. The molecular formula is C12H23N3O3S. The van der Waals surface area contributed by atoms with Crippen molar-refractivity contribution in [1.82, 2.24) is 14.9 Å². The number of piperidine rings is 2. The lowest BCUT2D eigenvalue weighted by Gasteiger charge is -2.36. The Bertz CT molecular complexity index is 418. The van der Waals surface area contributed by atoms with Crippen LogP contribution in [0.4, 0.5) is 0 Å². The summed E-state index contributed by atoms with van der Waals surface area (Å²) in [6.45, 7) is 2.12. The Kier molecular flexibility index (Phi) is 4.81. The molecule has 0 aromatic rings. The minimum atomic E-state index is -3.20. The number of sulfonamides is 1. The standard InChI is InChI=1S/C12H23N3O3S/c1-19(17,18)14-10-5-4-8-15(9-10)12(16)11-6-2-3-7-13-11/h10-11,13-14H,2-9H2,1H3/t10?,11-/m0/s1. The Morgan fingerprint density at radius 3 is 2.68 bits per heavy atom. The van der Waals surface area contributed by atoms with Crippen molar-refractivity contribution in [2.45, 2.75) is 44.2 Å². The Balaban J connectivity index is 1.91. The third-order valence-electron chi connectivity index (χ3n) is 3.72. The molecule has 6 nitrogen and oxygen atoms in total. The molecule has 1 unspecified atom stereocenters. The zero-order chi connectivity index (χ0) is 13.9. The lowest BCUT2D eigenvalue weighted by atomic mass is 10.0. The van der Waals surface area contributed by atoms with Crippen molar-refractivity contribution in [3.8, 4) is 0 Å². The molecule has 0 aliphatic carbocycles. The van der Waals surface area contributed by atoms with Crippen molar-refractivity contribution in [1.29, 1.82) is 0 Å². The zero-order valence-electron chi connectivity index (χ0n) is 11.4. The summed E-state index contributed by atoms with van der Waals surface area (Å²) in [6.07, 6.45) is 5.92. The fourth-order valence-corrected chi connectivity index (χ4v) is 3.66. The van der Waals surface area contributed by atoms with Crippen LogP contribution in [-0.2, 0) is 14.8 Å². The maximum Gasteiger partial charge on any atom is 0.239 e. The number of carbonyl (C=O) groups is 1. The molecule has 2 aliphatic rings. The van der Waals surface area contributed by atoms with E-state index in [1.807, 2.05) is 0 Å². The molecule has 2 saturated heterocycles. The van der Waals surface area contributed by atoms with E-state index in [1.165, 1.54) is 0 Å². The van der Waals surface area contributed by atoms with Crippen LogP contribution in [0.25, 0.3) is 0 Å². The van der Waals surface area contributed by atoms with E-state index in [1.54, 1.807) is 4.90 Å². The molecule has 1 amide bonds. The van der Waals surface area contributed by atoms with E-state index in [0.717, 1.165) is 51.4 Å². The fraction of sp³-hybridized carbons (Fsp3) is 0.917. The predicted molar refractivity (Wildman–Crippen MR) is 73.2 cm³/mol. The molecule has 19 heavy (non-hydrogen) atoms. The van der Waals surface area contributed by atoms with Crippen LogP contribution in [0, 0.1) is 0 Å². The van der Waals surface area contributed by atoms with Crippen LogP contribution < -0.4 is 10.0 Å². The van der Waals surface area contributed by atoms with E-state index in [2.05, 4.69) is 10.0 Å². The molecule has 2 fully saturated rings. The maximum atomic E-state index is 12.4. The topological polar surface area (TPSA) is 78.5 Å². The number of carbonyl (C=O) groups excluding carboxylic acids is 1. The molecule has 0 aromatic carbocycles. The van der Waals surface area contributed by atoms with E-state index in [9.17, 15) is 13.2 Å². The smallest absolute Gasteiger partial charge is 0.239 e. The van der Waals surface area contributed by atoms with Crippen LogP contribution in [0.5, 0.6) is 0 Å². The average Bonchev–Trinajstić information content (AvgIpc) is 2.37. The normalized spacial score (nSPS) is 29.2. The Hall–Kier alpha value is -0.660. The first kappa shape index (κ1) is 14.7. The summed E-state index contributed by atoms with van der Waals surface area (Å²) in [5.74, 6) is 0.125. The van der Waals surface area contributed by atoms with E-state index in [-0.39, 0.29) is 18.0 Å². The van der Waals surface area contributed by atoms with Gasteiger partial charge >= 0.3 is 0 Å². The van der Waals surface area contributed by atoms with Gasteiger partial charge in [0.1, 0.15) is 0 Å². The van der Waals surface area contributed by atoms with Crippen molar-refractivity contribution in [3.05, 3.63) is 0 Å². The molecule has 7 heteroatoms. The Morgan fingerprint density at radius 2 is 2.05 bits per heavy atom. The highest BCUT2D eigenvalue weighted by atomic mass is 32.2. The summed E-state index contributed by atoms with van der Waals surface area (Å²) in [5, 5.41) is 3.25. The van der Waals surface area contributed by atoms with Crippen molar-refractivity contribution >= 4 is 15.9 Å². The van der Waals surface area contributed by atoms with Gasteiger partial charge in [0.15, 0.2) is 0 Å². The molecule has 0 spiro atoms. The molecule has 2 aliphatic heterocycles. The van der Waals surface area contributed by atoms with Gasteiger partial charge in [0.25, 0.3) is 0 Å². The summed E-state index contributed by atoms with van der Waals surface area (Å²) >= 11 is 0. The first-order valence-corrected chi connectivity index (χ1v) is 8.84. The van der Waals surface area contributed by atoms with Crippen LogP contribution in [0.2, 0.25) is 0 Å². The minimum absolute atomic E-state index is 0.0780. The zero-order valence-corrected chi connectivity index (χ0v) is 12.2. The summed E-state index contributed by atoms with van der Waals surface area (Å²) in [6, 6.07) is -0.220. The number of hydrogen-bond acceptors (Lipinski definition) is 4. The van der Waals surface area contributed by atoms with Gasteiger partial charge in [0.05, 0.1) is 12.3 Å². The van der Waals surface area contributed by atoms with Crippen LogP contribution >= 0.6 is 0 Å². The van der Waals surface area contributed by atoms with Crippen molar-refractivity contribution in [3.63, 3.8) is 0 Å². The third-order valence-corrected chi connectivity index (χ3v) is 4.48. The molecule has 110 valence electrons. The highest BCUT2D eigenvalue weighted by Crippen LogP contribution is 2.15. The predicted octanol–water partition coefficient (Wildman–Crippen LogP) is -0.331.